The van der Waals surface area contributed by atoms with Crippen LogP contribution >= 0.6 is 11.3 Å². The van der Waals surface area contributed by atoms with Crippen LogP contribution in [0.2, 0.25) is 0 Å². The highest BCUT2D eigenvalue weighted by molar-refractivity contribution is 7.14. The van der Waals surface area contributed by atoms with Crippen molar-refractivity contribution in [3.63, 3.8) is 0 Å². The Morgan fingerprint density at radius 1 is 1.38 bits per heavy atom. The average molecular weight is 424 g/mol. The van der Waals surface area contributed by atoms with Gasteiger partial charge in [0.25, 0.3) is 0 Å². The summed E-state index contributed by atoms with van der Waals surface area (Å²) in [6, 6.07) is 2.63. The first-order chi connectivity index (χ1) is 13.9. The van der Waals surface area contributed by atoms with Crippen LogP contribution in [0, 0.1) is 11.6 Å². The van der Waals surface area contributed by atoms with Crippen LogP contribution in [-0.4, -0.2) is 60.5 Å². The lowest BCUT2D eigenvalue weighted by Gasteiger charge is -2.33. The second-order valence-corrected chi connectivity index (χ2v) is 7.13. The summed E-state index contributed by atoms with van der Waals surface area (Å²) in [5.74, 6) is -3.25. The number of hydrogen-bond acceptors (Lipinski definition) is 7. The molecule has 1 aromatic heterocycles. The van der Waals surface area contributed by atoms with Gasteiger partial charge < -0.3 is 15.4 Å². The maximum atomic E-state index is 13.4. The molecule has 0 saturated carbocycles. The van der Waals surface area contributed by atoms with Crippen molar-refractivity contribution in [3.05, 3.63) is 35.2 Å². The van der Waals surface area contributed by atoms with Gasteiger partial charge in [0.1, 0.15) is 6.04 Å². The van der Waals surface area contributed by atoms with Gasteiger partial charge in [-0.1, -0.05) is 0 Å². The second-order valence-electron chi connectivity index (χ2n) is 6.27. The van der Waals surface area contributed by atoms with E-state index in [0.29, 0.717) is 24.3 Å². The Morgan fingerprint density at radius 3 is 2.90 bits per heavy atom. The smallest absolute Gasteiger partial charge is 0.307 e. The van der Waals surface area contributed by atoms with Gasteiger partial charge in [-0.3, -0.25) is 19.3 Å². The SMILES string of the molecule is COC(=O)CC1C(=O)NCCN1CC(=O)Nc1nc(-c2ccc(F)c(F)c2)cs1. The zero-order valence-electron chi connectivity index (χ0n) is 15.4. The normalized spacial score (nSPS) is 16.9. The molecule has 1 atom stereocenters. The Labute approximate surface area is 168 Å². The number of anilines is 1. The fourth-order valence-corrected chi connectivity index (χ4v) is 3.61. The van der Waals surface area contributed by atoms with Crippen LogP contribution in [0.15, 0.2) is 23.6 Å². The number of carbonyl (C=O) groups is 3. The summed E-state index contributed by atoms with van der Waals surface area (Å²) in [6.07, 6.45) is -0.160. The number of nitrogens with one attached hydrogen (secondary N) is 2. The van der Waals surface area contributed by atoms with Gasteiger partial charge in [0.2, 0.25) is 11.8 Å². The summed E-state index contributed by atoms with van der Waals surface area (Å²) < 4.78 is 31.1. The van der Waals surface area contributed by atoms with Gasteiger partial charge in [0.15, 0.2) is 16.8 Å². The minimum atomic E-state index is -0.985. The van der Waals surface area contributed by atoms with Crippen molar-refractivity contribution in [2.75, 3.05) is 32.1 Å². The molecule has 0 aliphatic carbocycles. The largest absolute Gasteiger partial charge is 0.469 e. The first kappa shape index (κ1) is 20.8. The third-order valence-electron chi connectivity index (χ3n) is 4.34. The molecule has 0 spiro atoms. The lowest BCUT2D eigenvalue weighted by molar-refractivity contribution is -0.146. The van der Waals surface area contributed by atoms with Gasteiger partial charge in [-0.15, -0.1) is 11.3 Å². The number of ether oxygens (including phenoxy) is 1. The first-order valence-corrected chi connectivity index (χ1v) is 9.54. The molecule has 2 heterocycles. The predicted molar refractivity (Wildman–Crippen MR) is 101 cm³/mol. The highest BCUT2D eigenvalue weighted by Gasteiger charge is 2.33. The van der Waals surface area contributed by atoms with E-state index in [2.05, 4.69) is 20.4 Å². The number of hydrogen-bond donors (Lipinski definition) is 2. The number of nitrogens with zero attached hydrogens (tertiary/aromatic N) is 2. The molecule has 1 aliphatic heterocycles. The van der Waals surface area contributed by atoms with Crippen molar-refractivity contribution in [3.8, 4) is 11.3 Å². The maximum absolute atomic E-state index is 13.4. The van der Waals surface area contributed by atoms with E-state index in [1.54, 1.807) is 10.3 Å². The van der Waals surface area contributed by atoms with E-state index < -0.39 is 29.6 Å². The minimum absolute atomic E-state index is 0.116. The standard InChI is InChI=1S/C18H18F2N4O4S/c1-28-16(26)7-14-17(27)21-4-5-24(14)8-15(25)23-18-22-13(9-29-18)10-2-3-11(19)12(20)6-10/h2-3,6,9,14H,4-5,7-8H2,1H3,(H,21,27)(H,22,23,25). The van der Waals surface area contributed by atoms with Crippen LogP contribution in [0.5, 0.6) is 0 Å². The Balaban J connectivity index is 1.64. The summed E-state index contributed by atoms with van der Waals surface area (Å²) in [4.78, 5) is 41.8. The van der Waals surface area contributed by atoms with Crippen LogP contribution in [0.25, 0.3) is 11.3 Å². The van der Waals surface area contributed by atoms with Crippen LogP contribution in [-0.2, 0) is 19.1 Å². The number of aromatic nitrogens is 1. The van der Waals surface area contributed by atoms with Crippen LogP contribution < -0.4 is 10.6 Å². The van der Waals surface area contributed by atoms with E-state index in [4.69, 9.17) is 0 Å². The molecule has 1 fully saturated rings. The van der Waals surface area contributed by atoms with Crippen molar-refractivity contribution in [2.24, 2.45) is 0 Å². The van der Waals surface area contributed by atoms with Gasteiger partial charge in [0, 0.05) is 24.0 Å². The fourth-order valence-electron chi connectivity index (χ4n) is 2.88. The molecule has 3 rings (SSSR count). The molecule has 1 saturated heterocycles. The topological polar surface area (TPSA) is 101 Å². The molecule has 11 heteroatoms. The Kier molecular flexibility index (Phi) is 6.49. The fraction of sp³-hybridized carbons (Fsp3) is 0.333. The number of methoxy groups -OCH3 is 1. The van der Waals surface area contributed by atoms with Crippen LogP contribution in [0.4, 0.5) is 13.9 Å². The van der Waals surface area contributed by atoms with E-state index in [0.717, 1.165) is 23.5 Å². The number of piperazine rings is 1. The number of halogens is 2. The molecular weight excluding hydrogens is 406 g/mol. The molecule has 0 bridgehead atoms. The molecule has 1 aromatic carbocycles. The number of esters is 1. The van der Waals surface area contributed by atoms with Crippen LogP contribution in [0.3, 0.4) is 0 Å². The molecule has 0 radical (unpaired) electrons. The predicted octanol–water partition coefficient (Wildman–Crippen LogP) is 1.39. The van der Waals surface area contributed by atoms with Gasteiger partial charge in [0.05, 0.1) is 25.8 Å². The molecule has 154 valence electrons. The van der Waals surface area contributed by atoms with Crippen LogP contribution in [0.1, 0.15) is 6.42 Å². The number of rotatable bonds is 6. The van der Waals surface area contributed by atoms with E-state index >= 15 is 0 Å². The summed E-state index contributed by atoms with van der Waals surface area (Å²) in [5, 5.41) is 7.16. The van der Waals surface area contributed by atoms with Gasteiger partial charge >= 0.3 is 5.97 Å². The van der Waals surface area contributed by atoms with Gasteiger partial charge in [-0.2, -0.15) is 0 Å². The highest BCUT2D eigenvalue weighted by Crippen LogP contribution is 2.26. The van der Waals surface area contributed by atoms with E-state index in [1.165, 1.54) is 13.2 Å². The van der Waals surface area contributed by atoms with Crippen molar-refractivity contribution in [1.29, 1.82) is 0 Å². The molecule has 29 heavy (non-hydrogen) atoms. The molecule has 1 aliphatic rings. The van der Waals surface area contributed by atoms with Crippen molar-refractivity contribution in [2.45, 2.75) is 12.5 Å². The highest BCUT2D eigenvalue weighted by atomic mass is 32.1. The van der Waals surface area contributed by atoms with Crippen molar-refractivity contribution in [1.82, 2.24) is 15.2 Å². The lowest BCUT2D eigenvalue weighted by Crippen LogP contribution is -2.57. The Bertz CT molecular complexity index is 936. The number of carbonyl (C=O) groups excluding carboxylic acids is 3. The molecule has 8 nitrogen and oxygen atoms in total. The Hall–Kier alpha value is -2.92. The maximum Gasteiger partial charge on any atom is 0.307 e. The zero-order valence-corrected chi connectivity index (χ0v) is 16.2. The monoisotopic (exact) mass is 424 g/mol. The summed E-state index contributed by atoms with van der Waals surface area (Å²) in [5.41, 5.74) is 0.775. The van der Waals surface area contributed by atoms with E-state index in [-0.39, 0.29) is 24.0 Å². The summed E-state index contributed by atoms with van der Waals surface area (Å²) in [7, 11) is 1.23. The molecule has 2 aromatic rings. The third kappa shape index (κ3) is 5.12. The summed E-state index contributed by atoms with van der Waals surface area (Å²) >= 11 is 1.13. The number of thiazole rings is 1. The van der Waals surface area contributed by atoms with E-state index in [1.807, 2.05) is 0 Å². The van der Waals surface area contributed by atoms with Gasteiger partial charge in [-0.05, 0) is 18.2 Å². The second kappa shape index (κ2) is 9.05. The lowest BCUT2D eigenvalue weighted by atomic mass is 10.1. The Morgan fingerprint density at radius 2 is 2.17 bits per heavy atom. The first-order valence-electron chi connectivity index (χ1n) is 8.66. The third-order valence-corrected chi connectivity index (χ3v) is 5.10. The van der Waals surface area contributed by atoms with E-state index in [9.17, 15) is 23.2 Å². The molecule has 1 unspecified atom stereocenters. The molecule has 2 N–H and O–H groups in total. The average Bonchev–Trinajstić information content (AvgIpc) is 3.14. The van der Waals surface area contributed by atoms with Crippen molar-refractivity contribution >= 4 is 34.3 Å². The number of benzene rings is 1. The molecular formula is C18H18F2N4O4S. The minimum Gasteiger partial charge on any atom is -0.469 e. The van der Waals surface area contributed by atoms with Crippen molar-refractivity contribution < 1.29 is 27.9 Å². The summed E-state index contributed by atoms with van der Waals surface area (Å²) in [6.45, 7) is 0.648. The van der Waals surface area contributed by atoms with Gasteiger partial charge in [-0.25, -0.2) is 13.8 Å². The molecule has 2 amide bonds. The quantitative estimate of drug-likeness (QED) is 0.680. The zero-order chi connectivity index (χ0) is 21.0. The number of amides is 2.